The predicted molar refractivity (Wildman–Crippen MR) is 80.5 cm³/mol. The highest BCUT2D eigenvalue weighted by atomic mass is 32.1. The Hall–Kier alpha value is -2.21. The molecule has 0 saturated carbocycles. The van der Waals surface area contributed by atoms with E-state index in [0.29, 0.717) is 10.6 Å². The summed E-state index contributed by atoms with van der Waals surface area (Å²) in [7, 11) is 0. The molecular formula is C16H11F3N2S. The van der Waals surface area contributed by atoms with Gasteiger partial charge in [-0.1, -0.05) is 12.1 Å². The van der Waals surface area contributed by atoms with Gasteiger partial charge in [0.2, 0.25) is 0 Å². The summed E-state index contributed by atoms with van der Waals surface area (Å²) in [4.78, 5) is 8.51. The number of benzene rings is 1. The molecule has 0 saturated heterocycles. The first kappa shape index (κ1) is 14.7. The number of hydrogen-bond acceptors (Lipinski definition) is 3. The molecule has 3 aromatic rings. The summed E-state index contributed by atoms with van der Waals surface area (Å²) < 4.78 is 38.3. The van der Waals surface area contributed by atoms with Crippen LogP contribution in [-0.2, 0) is 6.18 Å². The molecule has 0 aliphatic carbocycles. The molecule has 1 aromatic carbocycles. The molecular weight excluding hydrogens is 309 g/mol. The van der Waals surface area contributed by atoms with Gasteiger partial charge in [-0.25, -0.2) is 4.98 Å². The number of aryl methyl sites for hydroxylation is 1. The maximum atomic E-state index is 12.8. The van der Waals surface area contributed by atoms with Gasteiger partial charge < -0.3 is 0 Å². The van der Waals surface area contributed by atoms with Crippen molar-refractivity contribution in [3.63, 3.8) is 0 Å². The van der Waals surface area contributed by atoms with E-state index in [9.17, 15) is 13.2 Å². The van der Waals surface area contributed by atoms with E-state index in [0.717, 1.165) is 29.0 Å². The van der Waals surface area contributed by atoms with Crippen molar-refractivity contribution in [1.82, 2.24) is 9.97 Å². The number of halogens is 3. The monoisotopic (exact) mass is 320 g/mol. The van der Waals surface area contributed by atoms with Gasteiger partial charge in [0.1, 0.15) is 5.01 Å². The number of alkyl halides is 3. The van der Waals surface area contributed by atoms with Gasteiger partial charge in [0.25, 0.3) is 0 Å². The molecule has 0 aliphatic rings. The molecule has 2 heterocycles. The molecule has 0 aliphatic heterocycles. The maximum absolute atomic E-state index is 12.8. The van der Waals surface area contributed by atoms with Crippen LogP contribution in [0.4, 0.5) is 13.2 Å². The van der Waals surface area contributed by atoms with Crippen LogP contribution in [0.15, 0.2) is 48.1 Å². The highest BCUT2D eigenvalue weighted by Gasteiger charge is 2.30. The van der Waals surface area contributed by atoms with E-state index in [-0.39, 0.29) is 0 Å². The Morgan fingerprint density at radius 1 is 1.14 bits per heavy atom. The standard InChI is InChI=1S/C16H11F3N2S/c1-10-5-6-20-8-13(10)14-9-22-15(21-14)11-3-2-4-12(7-11)16(17,18)19/h2-9H,1H3. The van der Waals surface area contributed by atoms with Gasteiger partial charge in [0.15, 0.2) is 0 Å². The van der Waals surface area contributed by atoms with Crippen molar-refractivity contribution in [3.8, 4) is 21.8 Å². The summed E-state index contributed by atoms with van der Waals surface area (Å²) in [6.07, 6.45) is -0.949. The first-order valence-corrected chi connectivity index (χ1v) is 7.37. The highest BCUT2D eigenvalue weighted by molar-refractivity contribution is 7.13. The number of nitrogens with zero attached hydrogens (tertiary/aromatic N) is 2. The molecule has 0 fully saturated rings. The fourth-order valence-corrected chi connectivity index (χ4v) is 2.91. The lowest BCUT2D eigenvalue weighted by Gasteiger charge is -2.07. The third-order valence-corrected chi connectivity index (χ3v) is 4.15. The average Bonchev–Trinajstić information content (AvgIpc) is 2.97. The van der Waals surface area contributed by atoms with Crippen LogP contribution >= 0.6 is 11.3 Å². The van der Waals surface area contributed by atoms with E-state index >= 15 is 0 Å². The zero-order chi connectivity index (χ0) is 15.7. The average molecular weight is 320 g/mol. The van der Waals surface area contributed by atoms with Crippen LogP contribution < -0.4 is 0 Å². The summed E-state index contributed by atoms with van der Waals surface area (Å²) in [6.45, 7) is 1.94. The van der Waals surface area contributed by atoms with Crippen molar-refractivity contribution < 1.29 is 13.2 Å². The van der Waals surface area contributed by atoms with E-state index in [1.54, 1.807) is 18.5 Å². The summed E-state index contributed by atoms with van der Waals surface area (Å²) in [6, 6.07) is 7.09. The quantitative estimate of drug-likeness (QED) is 0.648. The Morgan fingerprint density at radius 3 is 2.68 bits per heavy atom. The topological polar surface area (TPSA) is 25.8 Å². The summed E-state index contributed by atoms with van der Waals surface area (Å²) in [5, 5.41) is 2.39. The fourth-order valence-electron chi connectivity index (χ4n) is 2.09. The third-order valence-electron chi connectivity index (χ3n) is 3.26. The van der Waals surface area contributed by atoms with Crippen molar-refractivity contribution in [2.24, 2.45) is 0 Å². The third kappa shape index (κ3) is 2.87. The Balaban J connectivity index is 2.00. The molecule has 2 nitrogen and oxygen atoms in total. The zero-order valence-electron chi connectivity index (χ0n) is 11.6. The lowest BCUT2D eigenvalue weighted by atomic mass is 10.1. The van der Waals surface area contributed by atoms with Crippen molar-refractivity contribution in [2.45, 2.75) is 13.1 Å². The van der Waals surface area contributed by atoms with Gasteiger partial charge in [-0.3, -0.25) is 4.98 Å². The first-order chi connectivity index (χ1) is 10.4. The Kier molecular flexibility index (Phi) is 3.70. The maximum Gasteiger partial charge on any atom is 0.416 e. The van der Waals surface area contributed by atoms with Crippen LogP contribution in [0.25, 0.3) is 21.8 Å². The molecule has 0 N–H and O–H groups in total. The molecule has 0 radical (unpaired) electrons. The number of aromatic nitrogens is 2. The Labute approximate surface area is 129 Å². The summed E-state index contributed by atoms with van der Waals surface area (Å²) >= 11 is 1.32. The smallest absolute Gasteiger partial charge is 0.264 e. The van der Waals surface area contributed by atoms with E-state index in [2.05, 4.69) is 9.97 Å². The van der Waals surface area contributed by atoms with E-state index in [1.807, 2.05) is 18.4 Å². The second-order valence-electron chi connectivity index (χ2n) is 4.81. The molecule has 0 spiro atoms. The summed E-state index contributed by atoms with van der Waals surface area (Å²) in [5.74, 6) is 0. The number of thiazole rings is 1. The van der Waals surface area contributed by atoms with Gasteiger partial charge in [-0.2, -0.15) is 13.2 Å². The molecule has 2 aromatic heterocycles. The van der Waals surface area contributed by atoms with Crippen molar-refractivity contribution in [3.05, 3.63) is 59.2 Å². The van der Waals surface area contributed by atoms with E-state index in [4.69, 9.17) is 0 Å². The van der Waals surface area contributed by atoms with Crippen LogP contribution in [-0.4, -0.2) is 9.97 Å². The van der Waals surface area contributed by atoms with Crippen LogP contribution in [0.2, 0.25) is 0 Å². The first-order valence-electron chi connectivity index (χ1n) is 6.49. The fraction of sp³-hybridized carbons (Fsp3) is 0.125. The van der Waals surface area contributed by atoms with Crippen molar-refractivity contribution >= 4 is 11.3 Å². The van der Waals surface area contributed by atoms with Crippen molar-refractivity contribution in [2.75, 3.05) is 0 Å². The van der Waals surface area contributed by atoms with Gasteiger partial charge >= 0.3 is 6.18 Å². The zero-order valence-corrected chi connectivity index (χ0v) is 12.4. The molecule has 112 valence electrons. The van der Waals surface area contributed by atoms with E-state index in [1.165, 1.54) is 17.4 Å². The van der Waals surface area contributed by atoms with Gasteiger partial charge in [0, 0.05) is 28.9 Å². The largest absolute Gasteiger partial charge is 0.416 e. The van der Waals surface area contributed by atoms with Gasteiger partial charge in [0.05, 0.1) is 11.3 Å². The summed E-state index contributed by atoms with van der Waals surface area (Å²) in [5.41, 5.74) is 2.43. The van der Waals surface area contributed by atoms with Crippen LogP contribution in [0.3, 0.4) is 0 Å². The van der Waals surface area contributed by atoms with Crippen LogP contribution in [0.1, 0.15) is 11.1 Å². The molecule has 0 bridgehead atoms. The molecule has 22 heavy (non-hydrogen) atoms. The second-order valence-corrected chi connectivity index (χ2v) is 5.67. The minimum absolute atomic E-state index is 0.465. The highest BCUT2D eigenvalue weighted by Crippen LogP contribution is 2.34. The minimum atomic E-state index is -4.35. The van der Waals surface area contributed by atoms with Gasteiger partial charge in [-0.15, -0.1) is 11.3 Å². The van der Waals surface area contributed by atoms with Crippen molar-refractivity contribution in [1.29, 1.82) is 0 Å². The minimum Gasteiger partial charge on any atom is -0.264 e. The Bertz CT molecular complexity index is 809. The second kappa shape index (κ2) is 5.53. The normalized spacial score (nSPS) is 11.6. The number of rotatable bonds is 2. The molecule has 0 unspecified atom stereocenters. The number of hydrogen-bond donors (Lipinski definition) is 0. The Morgan fingerprint density at radius 2 is 1.95 bits per heavy atom. The molecule has 3 rings (SSSR count). The van der Waals surface area contributed by atoms with Gasteiger partial charge in [-0.05, 0) is 30.7 Å². The SMILES string of the molecule is Cc1ccncc1-c1csc(-c2cccc(C(F)(F)F)c2)n1. The molecule has 0 atom stereocenters. The van der Waals surface area contributed by atoms with Crippen LogP contribution in [0.5, 0.6) is 0 Å². The van der Waals surface area contributed by atoms with Crippen LogP contribution in [0, 0.1) is 6.92 Å². The lowest BCUT2D eigenvalue weighted by Crippen LogP contribution is -2.04. The molecule has 6 heteroatoms. The lowest BCUT2D eigenvalue weighted by molar-refractivity contribution is -0.137. The molecule has 0 amide bonds. The predicted octanol–water partition coefficient (Wildman–Crippen LogP) is 5.20. The van der Waals surface area contributed by atoms with E-state index < -0.39 is 11.7 Å². The number of pyridine rings is 1.